The SMILES string of the molecule is O=C(c1cnc(N2CCN(Cc3nccn3C(F)F)CC2)c(Cl)c1)N1CCCCC1. The molecule has 2 fully saturated rings. The molecule has 7 nitrogen and oxygen atoms in total. The standard InChI is InChI=1S/C20H25ClF2N6O/c21-16-12-15(19(30)28-5-2-1-3-6-28)13-25-18(16)27-10-8-26(9-11-27)14-17-24-4-7-29(17)20(22)23/h4,7,12-13,20H,1-3,5-6,8-11,14H2. The van der Waals surface area contributed by atoms with Crippen molar-refractivity contribution in [1.82, 2.24) is 24.3 Å². The zero-order chi connectivity index (χ0) is 21.1. The molecule has 162 valence electrons. The number of hydrogen-bond donors (Lipinski definition) is 0. The van der Waals surface area contributed by atoms with Crippen molar-refractivity contribution >= 4 is 23.3 Å². The van der Waals surface area contributed by atoms with Crippen LogP contribution in [0.25, 0.3) is 0 Å². The van der Waals surface area contributed by atoms with Gasteiger partial charge in [-0.2, -0.15) is 8.78 Å². The number of imidazole rings is 1. The lowest BCUT2D eigenvalue weighted by atomic mass is 10.1. The van der Waals surface area contributed by atoms with Gasteiger partial charge >= 0.3 is 6.55 Å². The third-order valence-corrected chi connectivity index (χ3v) is 5.99. The number of piperidine rings is 1. The van der Waals surface area contributed by atoms with Crippen molar-refractivity contribution < 1.29 is 13.6 Å². The molecule has 0 unspecified atom stereocenters. The first-order valence-electron chi connectivity index (χ1n) is 10.2. The highest BCUT2D eigenvalue weighted by Crippen LogP contribution is 2.26. The van der Waals surface area contributed by atoms with Gasteiger partial charge in [0.15, 0.2) is 0 Å². The zero-order valence-electron chi connectivity index (χ0n) is 16.7. The van der Waals surface area contributed by atoms with Gasteiger partial charge in [-0.15, -0.1) is 0 Å². The summed E-state index contributed by atoms with van der Waals surface area (Å²) in [6.45, 7) is 2.05. The van der Waals surface area contributed by atoms with Gasteiger partial charge in [0.05, 0.1) is 17.1 Å². The molecular weight excluding hydrogens is 414 g/mol. The Labute approximate surface area is 179 Å². The first-order valence-corrected chi connectivity index (χ1v) is 10.6. The van der Waals surface area contributed by atoms with Crippen LogP contribution in [0, 0.1) is 0 Å². The number of rotatable bonds is 5. The van der Waals surface area contributed by atoms with Gasteiger partial charge in [-0.25, -0.2) is 9.97 Å². The molecule has 30 heavy (non-hydrogen) atoms. The molecule has 2 aromatic rings. The van der Waals surface area contributed by atoms with E-state index in [9.17, 15) is 13.6 Å². The molecular formula is C20H25ClF2N6O. The smallest absolute Gasteiger partial charge is 0.319 e. The van der Waals surface area contributed by atoms with Gasteiger partial charge in [0.1, 0.15) is 11.6 Å². The van der Waals surface area contributed by atoms with Crippen LogP contribution in [0.5, 0.6) is 0 Å². The fourth-order valence-electron chi connectivity index (χ4n) is 4.02. The van der Waals surface area contributed by atoms with Crippen molar-refractivity contribution in [3.63, 3.8) is 0 Å². The summed E-state index contributed by atoms with van der Waals surface area (Å²) in [5, 5.41) is 0.458. The molecule has 2 aliphatic heterocycles. The Morgan fingerprint density at radius 3 is 2.47 bits per heavy atom. The highest BCUT2D eigenvalue weighted by atomic mass is 35.5. The van der Waals surface area contributed by atoms with Crippen LogP contribution in [0.1, 0.15) is 42.0 Å². The minimum atomic E-state index is -2.59. The van der Waals surface area contributed by atoms with Gasteiger partial charge in [-0.05, 0) is 25.3 Å². The Morgan fingerprint density at radius 2 is 1.80 bits per heavy atom. The minimum Gasteiger partial charge on any atom is -0.353 e. The van der Waals surface area contributed by atoms with Crippen LogP contribution in [0.3, 0.4) is 0 Å². The Kier molecular flexibility index (Phi) is 6.48. The summed E-state index contributed by atoms with van der Waals surface area (Å²) in [5.74, 6) is 0.991. The number of alkyl halides is 2. The number of pyridine rings is 1. The second-order valence-corrected chi connectivity index (χ2v) is 8.08. The summed E-state index contributed by atoms with van der Waals surface area (Å²) < 4.78 is 26.9. The number of aromatic nitrogens is 3. The lowest BCUT2D eigenvalue weighted by molar-refractivity contribution is 0.0636. The zero-order valence-corrected chi connectivity index (χ0v) is 17.4. The van der Waals surface area contributed by atoms with Crippen LogP contribution < -0.4 is 4.90 Å². The molecule has 0 aliphatic carbocycles. The van der Waals surface area contributed by atoms with Gasteiger partial charge in [0.2, 0.25) is 0 Å². The van der Waals surface area contributed by atoms with Crippen molar-refractivity contribution in [3.8, 4) is 0 Å². The summed E-state index contributed by atoms with van der Waals surface area (Å²) in [6, 6.07) is 1.70. The van der Waals surface area contributed by atoms with Crippen molar-refractivity contribution in [3.05, 3.63) is 41.1 Å². The number of likely N-dealkylation sites (tertiary alicyclic amines) is 1. The first-order chi connectivity index (χ1) is 14.5. The van der Waals surface area contributed by atoms with E-state index in [-0.39, 0.29) is 5.91 Å². The van der Waals surface area contributed by atoms with E-state index in [0.717, 1.165) is 36.9 Å². The monoisotopic (exact) mass is 438 g/mol. The van der Waals surface area contributed by atoms with Crippen molar-refractivity contribution in [2.45, 2.75) is 32.4 Å². The summed E-state index contributed by atoms with van der Waals surface area (Å²) in [4.78, 5) is 27.2. The Bertz CT molecular complexity index is 878. The summed E-state index contributed by atoms with van der Waals surface area (Å²) in [5.41, 5.74) is 0.517. The van der Waals surface area contributed by atoms with Crippen LogP contribution in [0.15, 0.2) is 24.7 Å². The maximum Gasteiger partial charge on any atom is 0.319 e. The van der Waals surface area contributed by atoms with E-state index in [2.05, 4.69) is 19.8 Å². The third kappa shape index (κ3) is 4.57. The normalized spacial score (nSPS) is 18.3. The van der Waals surface area contributed by atoms with E-state index >= 15 is 0 Å². The third-order valence-electron chi connectivity index (χ3n) is 5.71. The maximum absolute atomic E-state index is 13.0. The van der Waals surface area contributed by atoms with Gasteiger partial charge in [-0.1, -0.05) is 11.6 Å². The van der Waals surface area contributed by atoms with E-state index < -0.39 is 6.55 Å². The number of anilines is 1. The van der Waals surface area contributed by atoms with Gasteiger partial charge in [0, 0.05) is 57.9 Å². The van der Waals surface area contributed by atoms with Crippen LogP contribution in [-0.4, -0.2) is 69.5 Å². The summed E-state index contributed by atoms with van der Waals surface area (Å²) in [7, 11) is 0. The van der Waals surface area contributed by atoms with E-state index in [1.54, 1.807) is 12.3 Å². The molecule has 2 aromatic heterocycles. The predicted molar refractivity (Wildman–Crippen MR) is 110 cm³/mol. The fourth-order valence-corrected chi connectivity index (χ4v) is 4.31. The predicted octanol–water partition coefficient (Wildman–Crippen LogP) is 3.27. The van der Waals surface area contributed by atoms with Gasteiger partial charge < -0.3 is 9.80 Å². The quantitative estimate of drug-likeness (QED) is 0.717. The van der Waals surface area contributed by atoms with Crippen LogP contribution in [0.2, 0.25) is 5.02 Å². The summed E-state index contributed by atoms with van der Waals surface area (Å²) >= 11 is 6.47. The molecule has 0 bridgehead atoms. The second kappa shape index (κ2) is 9.26. The van der Waals surface area contributed by atoms with Crippen molar-refractivity contribution in [2.24, 2.45) is 0 Å². The number of piperazine rings is 1. The molecule has 2 aliphatic rings. The number of nitrogens with zero attached hydrogens (tertiary/aromatic N) is 6. The highest BCUT2D eigenvalue weighted by molar-refractivity contribution is 6.33. The Balaban J connectivity index is 1.36. The number of halogens is 3. The highest BCUT2D eigenvalue weighted by Gasteiger charge is 2.24. The molecule has 0 radical (unpaired) electrons. The average Bonchev–Trinajstić information content (AvgIpc) is 3.23. The average molecular weight is 439 g/mol. The van der Waals surface area contributed by atoms with E-state index in [1.165, 1.54) is 12.4 Å². The number of hydrogen-bond acceptors (Lipinski definition) is 5. The molecule has 0 atom stereocenters. The Hall–Kier alpha value is -2.26. The lowest BCUT2D eigenvalue weighted by Crippen LogP contribution is -2.46. The van der Waals surface area contributed by atoms with E-state index in [4.69, 9.17) is 11.6 Å². The Morgan fingerprint density at radius 1 is 1.07 bits per heavy atom. The molecule has 4 heterocycles. The van der Waals surface area contributed by atoms with Gasteiger partial charge in [-0.3, -0.25) is 14.3 Å². The molecule has 0 aromatic carbocycles. The topological polar surface area (TPSA) is 57.5 Å². The molecule has 10 heteroatoms. The van der Waals surface area contributed by atoms with Crippen molar-refractivity contribution in [1.29, 1.82) is 0 Å². The van der Waals surface area contributed by atoms with Gasteiger partial charge in [0.25, 0.3) is 5.91 Å². The number of carbonyl (C=O) groups is 1. The molecule has 4 rings (SSSR count). The summed E-state index contributed by atoms with van der Waals surface area (Å²) in [6.07, 6.45) is 7.53. The molecule has 0 N–H and O–H groups in total. The lowest BCUT2D eigenvalue weighted by Gasteiger charge is -2.35. The fraction of sp³-hybridized carbons (Fsp3) is 0.550. The number of carbonyl (C=O) groups excluding carboxylic acids is 1. The minimum absolute atomic E-state index is 0.0185. The largest absolute Gasteiger partial charge is 0.353 e. The number of amides is 1. The van der Waals surface area contributed by atoms with E-state index in [1.807, 2.05) is 4.90 Å². The molecule has 0 spiro atoms. The maximum atomic E-state index is 13.0. The second-order valence-electron chi connectivity index (χ2n) is 7.67. The van der Waals surface area contributed by atoms with Crippen LogP contribution in [-0.2, 0) is 6.54 Å². The first kappa shape index (κ1) is 21.0. The molecule has 2 saturated heterocycles. The van der Waals surface area contributed by atoms with Crippen LogP contribution in [0.4, 0.5) is 14.6 Å². The van der Waals surface area contributed by atoms with Crippen molar-refractivity contribution in [2.75, 3.05) is 44.2 Å². The molecule has 1 amide bonds. The molecule has 0 saturated carbocycles. The van der Waals surface area contributed by atoms with E-state index in [0.29, 0.717) is 55.0 Å². The van der Waals surface area contributed by atoms with Crippen LogP contribution >= 0.6 is 11.6 Å².